The number of hydrogen-bond donors (Lipinski definition) is 1. The molecule has 2 unspecified atom stereocenters. The second-order valence-corrected chi connectivity index (χ2v) is 4.15. The van der Waals surface area contributed by atoms with Crippen molar-refractivity contribution in [2.75, 3.05) is 20.3 Å². The molecule has 1 N–H and O–H groups in total. The summed E-state index contributed by atoms with van der Waals surface area (Å²) in [6.45, 7) is 3.84. The van der Waals surface area contributed by atoms with E-state index in [4.69, 9.17) is 9.84 Å². The minimum atomic E-state index is -0.695. The summed E-state index contributed by atoms with van der Waals surface area (Å²) in [5.74, 6) is -0.695. The second kappa shape index (κ2) is 6.08. The molecule has 0 bridgehead atoms. The van der Waals surface area contributed by atoms with Crippen molar-refractivity contribution in [3.8, 4) is 0 Å². The highest BCUT2D eigenvalue weighted by molar-refractivity contribution is 5.67. The summed E-state index contributed by atoms with van der Waals surface area (Å²) in [5, 5.41) is 8.82. The van der Waals surface area contributed by atoms with Crippen molar-refractivity contribution in [2.45, 2.75) is 44.7 Å². The van der Waals surface area contributed by atoms with Gasteiger partial charge < -0.3 is 9.84 Å². The van der Waals surface area contributed by atoms with Gasteiger partial charge in [0.1, 0.15) is 0 Å². The third-order valence-corrected chi connectivity index (χ3v) is 3.13. The zero-order valence-electron chi connectivity index (χ0n) is 9.61. The van der Waals surface area contributed by atoms with Gasteiger partial charge in [0.2, 0.25) is 0 Å². The predicted octanol–water partition coefficient (Wildman–Crippen LogP) is 1.35. The van der Waals surface area contributed by atoms with E-state index in [1.807, 2.05) is 0 Å². The molecule has 0 aliphatic carbocycles. The standard InChI is InChI=1S/C11H21NO3/c1-3-9(8-15-2)12-6-4-5-10(12)7-11(13)14/h9-10H,3-8H2,1-2H3,(H,13,14). The summed E-state index contributed by atoms with van der Waals surface area (Å²) >= 11 is 0. The zero-order valence-corrected chi connectivity index (χ0v) is 9.61. The molecule has 0 amide bonds. The van der Waals surface area contributed by atoms with E-state index in [0.29, 0.717) is 12.6 Å². The number of carbonyl (C=O) groups is 1. The van der Waals surface area contributed by atoms with Crippen molar-refractivity contribution in [2.24, 2.45) is 0 Å². The molecule has 1 heterocycles. The molecular weight excluding hydrogens is 194 g/mol. The van der Waals surface area contributed by atoms with E-state index in [0.717, 1.165) is 25.8 Å². The van der Waals surface area contributed by atoms with Gasteiger partial charge in [-0.1, -0.05) is 6.92 Å². The summed E-state index contributed by atoms with van der Waals surface area (Å²) in [4.78, 5) is 13.0. The fourth-order valence-corrected chi connectivity index (χ4v) is 2.40. The largest absolute Gasteiger partial charge is 0.481 e. The molecule has 88 valence electrons. The summed E-state index contributed by atoms with van der Waals surface area (Å²) in [6, 6.07) is 0.587. The molecule has 1 aliphatic heterocycles. The van der Waals surface area contributed by atoms with E-state index in [-0.39, 0.29) is 12.5 Å². The number of carboxylic acids is 1. The Morgan fingerprint density at radius 2 is 2.40 bits per heavy atom. The number of likely N-dealkylation sites (tertiary alicyclic amines) is 1. The third-order valence-electron chi connectivity index (χ3n) is 3.13. The van der Waals surface area contributed by atoms with Crippen LogP contribution in [0.25, 0.3) is 0 Å². The number of methoxy groups -OCH3 is 1. The maximum absolute atomic E-state index is 10.7. The van der Waals surface area contributed by atoms with E-state index >= 15 is 0 Å². The number of hydrogen-bond acceptors (Lipinski definition) is 3. The first-order valence-electron chi connectivity index (χ1n) is 5.65. The minimum absolute atomic E-state index is 0.211. The van der Waals surface area contributed by atoms with Gasteiger partial charge in [-0.3, -0.25) is 9.69 Å². The first-order chi connectivity index (χ1) is 7.19. The summed E-state index contributed by atoms with van der Waals surface area (Å²) in [6.07, 6.45) is 3.40. The van der Waals surface area contributed by atoms with Crippen LogP contribution in [0.4, 0.5) is 0 Å². The van der Waals surface area contributed by atoms with Gasteiger partial charge in [0.15, 0.2) is 0 Å². The van der Waals surface area contributed by atoms with Gasteiger partial charge in [-0.25, -0.2) is 0 Å². The van der Waals surface area contributed by atoms with Gasteiger partial charge in [-0.2, -0.15) is 0 Å². The van der Waals surface area contributed by atoms with Crippen LogP contribution in [0.3, 0.4) is 0 Å². The van der Waals surface area contributed by atoms with Gasteiger partial charge in [0, 0.05) is 19.2 Å². The minimum Gasteiger partial charge on any atom is -0.481 e. The summed E-state index contributed by atoms with van der Waals surface area (Å²) < 4.78 is 5.17. The summed E-state index contributed by atoms with van der Waals surface area (Å²) in [7, 11) is 1.70. The smallest absolute Gasteiger partial charge is 0.304 e. The van der Waals surface area contributed by atoms with Crippen LogP contribution in [0.1, 0.15) is 32.6 Å². The lowest BCUT2D eigenvalue weighted by atomic mass is 10.1. The normalized spacial score (nSPS) is 24.3. The average Bonchev–Trinajstić information content (AvgIpc) is 2.61. The molecule has 0 aromatic heterocycles. The third kappa shape index (κ3) is 3.47. The quantitative estimate of drug-likeness (QED) is 0.726. The highest BCUT2D eigenvalue weighted by atomic mass is 16.5. The van der Waals surface area contributed by atoms with Crippen molar-refractivity contribution in [1.82, 2.24) is 4.90 Å². The Bertz CT molecular complexity index is 208. The van der Waals surface area contributed by atoms with Crippen LogP contribution in [0.2, 0.25) is 0 Å². The Morgan fingerprint density at radius 1 is 1.67 bits per heavy atom. The molecule has 0 aromatic carbocycles. The molecule has 1 rings (SSSR count). The van der Waals surface area contributed by atoms with Gasteiger partial charge in [-0.15, -0.1) is 0 Å². The molecule has 1 saturated heterocycles. The van der Waals surface area contributed by atoms with Crippen LogP contribution in [0.5, 0.6) is 0 Å². The average molecular weight is 215 g/mol. The molecule has 4 nitrogen and oxygen atoms in total. The molecule has 0 spiro atoms. The zero-order chi connectivity index (χ0) is 11.3. The topological polar surface area (TPSA) is 49.8 Å². The van der Waals surface area contributed by atoms with Gasteiger partial charge >= 0.3 is 5.97 Å². The van der Waals surface area contributed by atoms with E-state index < -0.39 is 5.97 Å². The Balaban J connectivity index is 2.53. The van der Waals surface area contributed by atoms with Crippen LogP contribution >= 0.6 is 0 Å². The van der Waals surface area contributed by atoms with Gasteiger partial charge in [-0.05, 0) is 25.8 Å². The van der Waals surface area contributed by atoms with Crippen LogP contribution in [-0.4, -0.2) is 48.3 Å². The van der Waals surface area contributed by atoms with E-state index in [9.17, 15) is 4.79 Å². The fraction of sp³-hybridized carbons (Fsp3) is 0.909. The van der Waals surface area contributed by atoms with Crippen LogP contribution in [-0.2, 0) is 9.53 Å². The molecule has 2 atom stereocenters. The van der Waals surface area contributed by atoms with Gasteiger partial charge in [0.25, 0.3) is 0 Å². The van der Waals surface area contributed by atoms with Gasteiger partial charge in [0.05, 0.1) is 13.0 Å². The van der Waals surface area contributed by atoms with Crippen molar-refractivity contribution >= 4 is 5.97 Å². The lowest BCUT2D eigenvalue weighted by Gasteiger charge is -2.31. The highest BCUT2D eigenvalue weighted by Gasteiger charge is 2.30. The Kier molecular flexibility index (Phi) is 5.05. The monoisotopic (exact) mass is 215 g/mol. The molecular formula is C11H21NO3. The van der Waals surface area contributed by atoms with Crippen molar-refractivity contribution < 1.29 is 14.6 Å². The lowest BCUT2D eigenvalue weighted by Crippen LogP contribution is -2.42. The number of carboxylic acid groups (broad SMARTS) is 1. The Labute approximate surface area is 91.2 Å². The summed E-state index contributed by atoms with van der Waals surface area (Å²) in [5.41, 5.74) is 0. The maximum atomic E-state index is 10.7. The number of nitrogens with zero attached hydrogens (tertiary/aromatic N) is 1. The molecule has 15 heavy (non-hydrogen) atoms. The SMILES string of the molecule is CCC(COC)N1CCCC1CC(=O)O. The number of rotatable bonds is 6. The lowest BCUT2D eigenvalue weighted by molar-refractivity contribution is -0.138. The molecule has 1 fully saturated rings. The first-order valence-corrected chi connectivity index (χ1v) is 5.65. The fourth-order valence-electron chi connectivity index (χ4n) is 2.40. The molecule has 4 heteroatoms. The van der Waals surface area contributed by atoms with E-state index in [2.05, 4.69) is 11.8 Å². The maximum Gasteiger partial charge on any atom is 0.304 e. The highest BCUT2D eigenvalue weighted by Crippen LogP contribution is 2.24. The predicted molar refractivity (Wildman–Crippen MR) is 57.9 cm³/mol. The van der Waals surface area contributed by atoms with Crippen molar-refractivity contribution in [3.63, 3.8) is 0 Å². The number of aliphatic carboxylic acids is 1. The van der Waals surface area contributed by atoms with Crippen molar-refractivity contribution in [3.05, 3.63) is 0 Å². The molecule has 0 saturated carbocycles. The Hall–Kier alpha value is -0.610. The van der Waals surface area contributed by atoms with Crippen LogP contribution in [0.15, 0.2) is 0 Å². The van der Waals surface area contributed by atoms with Crippen LogP contribution in [0, 0.1) is 0 Å². The molecule has 0 radical (unpaired) electrons. The Morgan fingerprint density at radius 3 is 2.93 bits per heavy atom. The first kappa shape index (κ1) is 12.5. The van der Waals surface area contributed by atoms with E-state index in [1.165, 1.54) is 0 Å². The van der Waals surface area contributed by atoms with E-state index in [1.54, 1.807) is 7.11 Å². The van der Waals surface area contributed by atoms with Crippen LogP contribution < -0.4 is 0 Å². The second-order valence-electron chi connectivity index (χ2n) is 4.15. The number of ether oxygens (including phenoxy) is 1. The molecule has 1 aliphatic rings. The molecule has 0 aromatic rings. The van der Waals surface area contributed by atoms with Crippen molar-refractivity contribution in [1.29, 1.82) is 0 Å².